The maximum absolute atomic E-state index is 11.5. The maximum atomic E-state index is 11.5. The lowest BCUT2D eigenvalue weighted by molar-refractivity contribution is -0.0862. The highest BCUT2D eigenvalue weighted by Crippen LogP contribution is 2.54. The molecule has 3 N–H and O–H groups in total. The standard InChI is InChI=1S/C23H29NO2/c24-15-14-22-11-4-5-12-23(22,25)13-10-19-16-20(8-9-21(19)22)26-17-18-6-2-1-3-7-18/h1-3,6-9,16,25H,4-5,10-15,17,24H2. The predicted molar refractivity (Wildman–Crippen MR) is 104 cm³/mol. The molecule has 1 saturated carbocycles. The normalized spacial score (nSPS) is 27.5. The summed E-state index contributed by atoms with van der Waals surface area (Å²) in [5.41, 5.74) is 9.03. The Morgan fingerprint density at radius 1 is 1.00 bits per heavy atom. The molecule has 4 rings (SSSR count). The summed E-state index contributed by atoms with van der Waals surface area (Å²) in [6.07, 6.45) is 6.85. The third-order valence-corrected chi connectivity index (χ3v) is 6.55. The summed E-state index contributed by atoms with van der Waals surface area (Å²) in [5, 5.41) is 11.5. The topological polar surface area (TPSA) is 55.5 Å². The van der Waals surface area contributed by atoms with Crippen LogP contribution in [0.1, 0.15) is 55.2 Å². The van der Waals surface area contributed by atoms with Crippen LogP contribution < -0.4 is 10.5 Å². The number of aryl methyl sites for hydroxylation is 1. The minimum absolute atomic E-state index is 0.175. The van der Waals surface area contributed by atoms with E-state index in [-0.39, 0.29) is 5.41 Å². The fourth-order valence-corrected chi connectivity index (χ4v) is 5.22. The van der Waals surface area contributed by atoms with Gasteiger partial charge in [0, 0.05) is 5.41 Å². The van der Waals surface area contributed by atoms with Gasteiger partial charge in [-0.2, -0.15) is 0 Å². The third-order valence-electron chi connectivity index (χ3n) is 6.55. The molecule has 0 heterocycles. The molecule has 2 aliphatic rings. The molecule has 0 aliphatic heterocycles. The van der Waals surface area contributed by atoms with E-state index in [0.29, 0.717) is 13.2 Å². The average Bonchev–Trinajstić information content (AvgIpc) is 2.68. The van der Waals surface area contributed by atoms with Crippen LogP contribution in [-0.4, -0.2) is 17.3 Å². The van der Waals surface area contributed by atoms with Crippen molar-refractivity contribution in [2.45, 2.75) is 62.6 Å². The first kappa shape index (κ1) is 17.6. The summed E-state index contributed by atoms with van der Waals surface area (Å²) < 4.78 is 6.03. The molecule has 2 unspecified atom stereocenters. The minimum atomic E-state index is -0.593. The van der Waals surface area contributed by atoms with E-state index < -0.39 is 5.60 Å². The average molecular weight is 351 g/mol. The van der Waals surface area contributed by atoms with Crippen molar-refractivity contribution >= 4 is 0 Å². The van der Waals surface area contributed by atoms with Crippen LogP contribution in [0, 0.1) is 0 Å². The number of nitrogens with two attached hydrogens (primary N) is 1. The molecule has 2 atom stereocenters. The van der Waals surface area contributed by atoms with E-state index in [2.05, 4.69) is 30.3 Å². The maximum Gasteiger partial charge on any atom is 0.120 e. The summed E-state index contributed by atoms with van der Waals surface area (Å²) in [6, 6.07) is 16.7. The lowest BCUT2D eigenvalue weighted by atomic mass is 9.53. The van der Waals surface area contributed by atoms with Crippen LogP contribution in [-0.2, 0) is 18.4 Å². The van der Waals surface area contributed by atoms with Crippen LogP contribution >= 0.6 is 0 Å². The molecule has 0 radical (unpaired) electrons. The van der Waals surface area contributed by atoms with Crippen molar-refractivity contribution < 1.29 is 9.84 Å². The zero-order valence-corrected chi connectivity index (χ0v) is 15.4. The fraction of sp³-hybridized carbons (Fsp3) is 0.478. The quantitative estimate of drug-likeness (QED) is 0.852. The van der Waals surface area contributed by atoms with Crippen LogP contribution in [0.5, 0.6) is 5.75 Å². The Labute approximate surface area is 156 Å². The summed E-state index contributed by atoms with van der Waals surface area (Å²) in [5.74, 6) is 0.914. The molecule has 2 aromatic carbocycles. The molecule has 3 heteroatoms. The van der Waals surface area contributed by atoms with E-state index in [1.807, 2.05) is 18.2 Å². The molecule has 138 valence electrons. The Morgan fingerprint density at radius 3 is 2.62 bits per heavy atom. The van der Waals surface area contributed by atoms with Gasteiger partial charge in [0.15, 0.2) is 0 Å². The Bertz CT molecular complexity index is 756. The molecule has 0 aromatic heterocycles. The first-order valence-electron chi connectivity index (χ1n) is 9.89. The van der Waals surface area contributed by atoms with Crippen molar-refractivity contribution in [2.75, 3.05) is 6.54 Å². The second-order valence-electron chi connectivity index (χ2n) is 7.95. The van der Waals surface area contributed by atoms with Gasteiger partial charge in [-0.3, -0.25) is 0 Å². The fourth-order valence-electron chi connectivity index (χ4n) is 5.22. The highest BCUT2D eigenvalue weighted by molar-refractivity contribution is 5.45. The van der Waals surface area contributed by atoms with E-state index in [0.717, 1.165) is 44.3 Å². The summed E-state index contributed by atoms with van der Waals surface area (Å²) in [4.78, 5) is 0. The van der Waals surface area contributed by atoms with Gasteiger partial charge in [-0.05, 0) is 67.5 Å². The monoisotopic (exact) mass is 351 g/mol. The van der Waals surface area contributed by atoms with Crippen molar-refractivity contribution in [3.8, 4) is 5.75 Å². The van der Waals surface area contributed by atoms with Crippen molar-refractivity contribution in [1.82, 2.24) is 0 Å². The number of hydrogen-bond donors (Lipinski definition) is 2. The predicted octanol–water partition coefficient (Wildman–Crippen LogP) is 4.10. The molecule has 0 amide bonds. The molecule has 0 bridgehead atoms. The van der Waals surface area contributed by atoms with Crippen molar-refractivity contribution in [1.29, 1.82) is 0 Å². The van der Waals surface area contributed by atoms with Crippen molar-refractivity contribution in [2.24, 2.45) is 5.73 Å². The molecule has 2 aliphatic carbocycles. The van der Waals surface area contributed by atoms with Crippen molar-refractivity contribution in [3.05, 3.63) is 65.2 Å². The second kappa shape index (κ2) is 7.05. The Balaban J connectivity index is 1.62. The van der Waals surface area contributed by atoms with Gasteiger partial charge < -0.3 is 15.6 Å². The van der Waals surface area contributed by atoms with Gasteiger partial charge in [-0.1, -0.05) is 49.2 Å². The lowest BCUT2D eigenvalue weighted by Crippen LogP contribution is -2.57. The minimum Gasteiger partial charge on any atom is -0.489 e. The van der Waals surface area contributed by atoms with Crippen molar-refractivity contribution in [3.63, 3.8) is 0 Å². The number of aliphatic hydroxyl groups is 1. The SMILES string of the molecule is NCCC12CCCCC1(O)CCc1cc(OCc3ccccc3)ccc12. The molecule has 2 aromatic rings. The number of ether oxygens (including phenoxy) is 1. The Hall–Kier alpha value is -1.84. The van der Waals surface area contributed by atoms with Crippen LogP contribution in [0.4, 0.5) is 0 Å². The van der Waals surface area contributed by atoms with E-state index in [1.54, 1.807) is 0 Å². The van der Waals surface area contributed by atoms with E-state index in [9.17, 15) is 5.11 Å². The number of fused-ring (bicyclic) bond motifs is 3. The highest BCUT2D eigenvalue weighted by Gasteiger charge is 2.54. The molecule has 3 nitrogen and oxygen atoms in total. The zero-order valence-electron chi connectivity index (χ0n) is 15.4. The Kier molecular flexibility index (Phi) is 4.76. The third kappa shape index (κ3) is 2.93. The van der Waals surface area contributed by atoms with Gasteiger partial charge >= 0.3 is 0 Å². The summed E-state index contributed by atoms with van der Waals surface area (Å²) >= 11 is 0. The largest absolute Gasteiger partial charge is 0.489 e. The van der Waals surface area contributed by atoms with Crippen LogP contribution in [0.15, 0.2) is 48.5 Å². The molecule has 26 heavy (non-hydrogen) atoms. The first-order chi connectivity index (χ1) is 12.7. The number of rotatable bonds is 5. The van der Waals surface area contributed by atoms with Crippen LogP contribution in [0.25, 0.3) is 0 Å². The van der Waals surface area contributed by atoms with E-state index >= 15 is 0 Å². The molecular formula is C23H29NO2. The molecular weight excluding hydrogens is 322 g/mol. The molecule has 0 saturated heterocycles. The molecule has 1 fully saturated rings. The summed E-state index contributed by atoms with van der Waals surface area (Å²) in [7, 11) is 0. The van der Waals surface area contributed by atoms with Gasteiger partial charge in [-0.25, -0.2) is 0 Å². The zero-order chi connectivity index (χ0) is 18.0. The van der Waals surface area contributed by atoms with Crippen LogP contribution in [0.3, 0.4) is 0 Å². The van der Waals surface area contributed by atoms with Gasteiger partial charge in [0.1, 0.15) is 12.4 Å². The number of hydrogen-bond acceptors (Lipinski definition) is 3. The van der Waals surface area contributed by atoms with Gasteiger partial charge in [0.05, 0.1) is 5.60 Å². The van der Waals surface area contributed by atoms with Gasteiger partial charge in [0.25, 0.3) is 0 Å². The van der Waals surface area contributed by atoms with Gasteiger partial charge in [-0.15, -0.1) is 0 Å². The summed E-state index contributed by atoms with van der Waals surface area (Å²) in [6.45, 7) is 1.20. The van der Waals surface area contributed by atoms with E-state index in [4.69, 9.17) is 10.5 Å². The number of benzene rings is 2. The highest BCUT2D eigenvalue weighted by atomic mass is 16.5. The smallest absolute Gasteiger partial charge is 0.120 e. The lowest BCUT2D eigenvalue weighted by Gasteiger charge is -2.54. The van der Waals surface area contributed by atoms with Gasteiger partial charge in [0.2, 0.25) is 0 Å². The first-order valence-corrected chi connectivity index (χ1v) is 9.89. The second-order valence-corrected chi connectivity index (χ2v) is 7.95. The Morgan fingerprint density at radius 2 is 1.81 bits per heavy atom. The van der Waals surface area contributed by atoms with Crippen LogP contribution in [0.2, 0.25) is 0 Å². The van der Waals surface area contributed by atoms with E-state index in [1.165, 1.54) is 23.1 Å². The molecule has 0 spiro atoms.